The van der Waals surface area contributed by atoms with Gasteiger partial charge in [-0.05, 0) is 29.8 Å². The molecule has 0 aliphatic carbocycles. The average molecular weight is 382 g/mol. The van der Waals surface area contributed by atoms with Gasteiger partial charge >= 0.3 is 0 Å². The second-order valence-corrected chi connectivity index (χ2v) is 6.61. The van der Waals surface area contributed by atoms with E-state index in [1.807, 2.05) is 42.5 Å². The highest BCUT2D eigenvalue weighted by Crippen LogP contribution is 2.24. The van der Waals surface area contributed by atoms with Crippen LogP contribution in [-0.4, -0.2) is 29.9 Å². The number of nitrogens with one attached hydrogen (secondary N) is 1. The number of para-hydroxylation sites is 1. The quantitative estimate of drug-likeness (QED) is 0.709. The molecule has 0 unspecified atom stereocenters. The number of aromatic nitrogens is 1. The van der Waals surface area contributed by atoms with Gasteiger partial charge in [-0.15, -0.1) is 0 Å². The van der Waals surface area contributed by atoms with Gasteiger partial charge in [-0.2, -0.15) is 0 Å². The number of hydrogen-bond acceptors (Lipinski definition) is 3. The number of pyridine rings is 1. The number of hydrogen-bond donors (Lipinski definition) is 1. The Morgan fingerprint density at radius 3 is 2.56 bits per heavy atom. The van der Waals surface area contributed by atoms with Crippen molar-refractivity contribution in [2.24, 2.45) is 0 Å². The van der Waals surface area contributed by atoms with E-state index < -0.39 is 0 Å². The summed E-state index contributed by atoms with van der Waals surface area (Å²) >= 11 is 5.85. The number of fused-ring (bicyclic) bond motifs is 1. The molecule has 27 heavy (non-hydrogen) atoms. The van der Waals surface area contributed by atoms with Gasteiger partial charge in [0.2, 0.25) is 11.8 Å². The first-order valence-corrected chi connectivity index (χ1v) is 9.05. The number of carbonyl (C=O) groups excluding carboxylic acids is 2. The summed E-state index contributed by atoms with van der Waals surface area (Å²) in [6.45, 7) is 2.24. The van der Waals surface area contributed by atoms with Crippen molar-refractivity contribution < 1.29 is 9.59 Å². The molecule has 6 heteroatoms. The highest BCUT2D eigenvalue weighted by atomic mass is 35.5. The lowest BCUT2D eigenvalue weighted by molar-refractivity contribution is -0.121. The van der Waals surface area contributed by atoms with Crippen LogP contribution in [0.1, 0.15) is 12.5 Å². The van der Waals surface area contributed by atoms with Crippen LogP contribution in [0, 0.1) is 0 Å². The monoisotopic (exact) mass is 381 g/mol. The van der Waals surface area contributed by atoms with Gasteiger partial charge in [-0.25, -0.2) is 0 Å². The van der Waals surface area contributed by atoms with Crippen molar-refractivity contribution in [1.82, 2.24) is 10.3 Å². The summed E-state index contributed by atoms with van der Waals surface area (Å²) in [6, 6.07) is 16.7. The Hall–Kier alpha value is -2.92. The Balaban J connectivity index is 1.64. The van der Waals surface area contributed by atoms with Crippen LogP contribution in [0.5, 0.6) is 0 Å². The first-order valence-electron chi connectivity index (χ1n) is 8.67. The average Bonchev–Trinajstić information content (AvgIpc) is 2.66. The van der Waals surface area contributed by atoms with Crippen molar-refractivity contribution in [2.45, 2.75) is 13.3 Å². The predicted molar refractivity (Wildman–Crippen MR) is 108 cm³/mol. The smallest absolute Gasteiger partial charge is 0.224 e. The van der Waals surface area contributed by atoms with E-state index in [1.54, 1.807) is 23.2 Å². The maximum atomic E-state index is 12.2. The molecule has 0 fully saturated rings. The number of rotatable bonds is 6. The highest BCUT2D eigenvalue weighted by molar-refractivity contribution is 6.30. The molecule has 3 rings (SSSR count). The molecular formula is C21H20ClN3O2. The van der Waals surface area contributed by atoms with Crippen molar-refractivity contribution in [1.29, 1.82) is 0 Å². The number of nitrogens with zero attached hydrogens (tertiary/aromatic N) is 2. The van der Waals surface area contributed by atoms with E-state index >= 15 is 0 Å². The van der Waals surface area contributed by atoms with Gasteiger partial charge in [0.1, 0.15) is 0 Å². The van der Waals surface area contributed by atoms with Crippen molar-refractivity contribution in [3.63, 3.8) is 0 Å². The Bertz CT molecular complexity index is 952. The standard InChI is InChI=1S/C21H20ClN3O2/c1-15(26)25(19-6-2-4-17-5-3-11-24-21(17)19)13-12-23-20(27)14-16-7-9-18(22)10-8-16/h2-11H,12-14H2,1H3,(H,23,27). The minimum Gasteiger partial charge on any atom is -0.354 e. The van der Waals surface area contributed by atoms with Crippen molar-refractivity contribution >= 4 is 40.0 Å². The zero-order chi connectivity index (χ0) is 19.2. The molecule has 2 amide bonds. The van der Waals surface area contributed by atoms with Gasteiger partial charge in [0, 0.05) is 36.6 Å². The van der Waals surface area contributed by atoms with E-state index in [1.165, 1.54) is 6.92 Å². The number of halogens is 1. The van der Waals surface area contributed by atoms with Crippen molar-refractivity contribution in [3.05, 3.63) is 71.4 Å². The maximum Gasteiger partial charge on any atom is 0.224 e. The third-order valence-electron chi connectivity index (χ3n) is 4.22. The minimum atomic E-state index is -0.100. The summed E-state index contributed by atoms with van der Waals surface area (Å²) in [5.41, 5.74) is 2.40. The van der Waals surface area contributed by atoms with E-state index in [0.29, 0.717) is 18.1 Å². The number of benzene rings is 2. The molecule has 1 N–H and O–H groups in total. The number of anilines is 1. The molecule has 1 heterocycles. The second kappa shape index (κ2) is 8.64. The zero-order valence-corrected chi connectivity index (χ0v) is 15.7. The third-order valence-corrected chi connectivity index (χ3v) is 4.47. The van der Waals surface area contributed by atoms with E-state index in [4.69, 9.17) is 11.6 Å². The molecule has 0 radical (unpaired) electrons. The van der Waals surface area contributed by atoms with Crippen LogP contribution < -0.4 is 10.2 Å². The normalized spacial score (nSPS) is 10.6. The van der Waals surface area contributed by atoms with Gasteiger partial charge < -0.3 is 10.2 Å². The summed E-state index contributed by atoms with van der Waals surface area (Å²) in [5.74, 6) is -0.197. The molecule has 0 bridgehead atoms. The van der Waals surface area contributed by atoms with Crippen LogP contribution in [0.4, 0.5) is 5.69 Å². The van der Waals surface area contributed by atoms with E-state index in [-0.39, 0.29) is 18.2 Å². The number of amides is 2. The molecular weight excluding hydrogens is 362 g/mol. The van der Waals surface area contributed by atoms with Gasteiger partial charge in [0.05, 0.1) is 17.6 Å². The molecule has 0 aliphatic heterocycles. The SMILES string of the molecule is CC(=O)N(CCNC(=O)Cc1ccc(Cl)cc1)c1cccc2cccnc12. The van der Waals surface area contributed by atoms with Gasteiger partial charge in [0.25, 0.3) is 0 Å². The molecule has 0 saturated carbocycles. The lowest BCUT2D eigenvalue weighted by atomic mass is 10.1. The van der Waals surface area contributed by atoms with Crippen molar-refractivity contribution in [3.8, 4) is 0 Å². The highest BCUT2D eigenvalue weighted by Gasteiger charge is 2.15. The lowest BCUT2D eigenvalue weighted by Crippen LogP contribution is -2.38. The molecule has 0 saturated heterocycles. The zero-order valence-electron chi connectivity index (χ0n) is 15.0. The summed E-state index contributed by atoms with van der Waals surface area (Å²) in [5, 5.41) is 4.47. The van der Waals surface area contributed by atoms with Crippen LogP contribution in [0.3, 0.4) is 0 Å². The van der Waals surface area contributed by atoms with Crippen LogP contribution in [0.15, 0.2) is 60.8 Å². The first-order chi connectivity index (χ1) is 13.0. The second-order valence-electron chi connectivity index (χ2n) is 6.18. The fourth-order valence-corrected chi connectivity index (χ4v) is 3.04. The van der Waals surface area contributed by atoms with E-state index in [0.717, 1.165) is 22.2 Å². The van der Waals surface area contributed by atoms with Gasteiger partial charge in [-0.1, -0.05) is 41.9 Å². The summed E-state index contributed by atoms with van der Waals surface area (Å²) < 4.78 is 0. The van der Waals surface area contributed by atoms with E-state index in [2.05, 4.69) is 10.3 Å². The molecule has 1 aromatic heterocycles. The molecule has 3 aromatic rings. The maximum absolute atomic E-state index is 12.2. The molecule has 138 valence electrons. The summed E-state index contributed by atoms with van der Waals surface area (Å²) in [7, 11) is 0. The van der Waals surface area contributed by atoms with Gasteiger partial charge in [-0.3, -0.25) is 14.6 Å². The Kier molecular flexibility index (Phi) is 6.04. The van der Waals surface area contributed by atoms with Crippen LogP contribution in [-0.2, 0) is 16.0 Å². The van der Waals surface area contributed by atoms with Crippen LogP contribution in [0.25, 0.3) is 10.9 Å². The summed E-state index contributed by atoms with van der Waals surface area (Å²) in [4.78, 5) is 30.3. The molecule has 0 aliphatic rings. The molecule has 0 spiro atoms. The predicted octanol–water partition coefficient (Wildman–Crippen LogP) is 3.60. The Morgan fingerprint density at radius 2 is 1.81 bits per heavy atom. The first kappa shape index (κ1) is 18.9. The Morgan fingerprint density at radius 1 is 1.07 bits per heavy atom. The van der Waals surface area contributed by atoms with Crippen molar-refractivity contribution in [2.75, 3.05) is 18.0 Å². The molecule has 0 atom stereocenters. The third kappa shape index (κ3) is 4.83. The fraction of sp³-hybridized carbons (Fsp3) is 0.190. The number of carbonyl (C=O) groups is 2. The molecule has 5 nitrogen and oxygen atoms in total. The van der Waals surface area contributed by atoms with Gasteiger partial charge in [0.15, 0.2) is 0 Å². The molecule has 2 aromatic carbocycles. The summed E-state index contributed by atoms with van der Waals surface area (Å²) in [6.07, 6.45) is 1.98. The minimum absolute atomic E-state index is 0.0971. The van der Waals surface area contributed by atoms with E-state index in [9.17, 15) is 9.59 Å². The topological polar surface area (TPSA) is 62.3 Å². The fourth-order valence-electron chi connectivity index (χ4n) is 2.91. The Labute approximate surface area is 163 Å². The van der Waals surface area contributed by atoms with Crippen LogP contribution in [0.2, 0.25) is 5.02 Å². The lowest BCUT2D eigenvalue weighted by Gasteiger charge is -2.22. The van der Waals surface area contributed by atoms with Crippen LogP contribution >= 0.6 is 11.6 Å². The largest absolute Gasteiger partial charge is 0.354 e.